The van der Waals surface area contributed by atoms with Gasteiger partial charge in [-0.1, -0.05) is 60.7 Å². The van der Waals surface area contributed by atoms with Gasteiger partial charge < -0.3 is 20.8 Å². The van der Waals surface area contributed by atoms with Crippen LogP contribution in [0.15, 0.2) is 60.7 Å². The lowest BCUT2D eigenvalue weighted by molar-refractivity contribution is -0.145. The second-order valence-corrected chi connectivity index (χ2v) is 8.66. The molecule has 1 fully saturated rings. The number of carboxylic acids is 2. The summed E-state index contributed by atoms with van der Waals surface area (Å²) in [7, 11) is 0. The molecule has 0 aromatic heterocycles. The molecule has 0 bridgehead atoms. The Balaban J connectivity index is 1.78. The minimum Gasteiger partial charge on any atom is -0.480 e. The predicted molar refractivity (Wildman–Crippen MR) is 132 cm³/mol. The SMILES string of the molecule is O=C(O)C(Cc1ccccc1)N1CCNCCNCCN(C(Cc2ccccc2)C(=O)O)CC1. The summed E-state index contributed by atoms with van der Waals surface area (Å²) in [5.41, 5.74) is 1.95. The molecule has 2 unspecified atom stereocenters. The second kappa shape index (κ2) is 13.8. The molecular weight excluding hydrogens is 432 g/mol. The first-order valence-electron chi connectivity index (χ1n) is 12.0. The van der Waals surface area contributed by atoms with Crippen molar-refractivity contribution in [3.63, 3.8) is 0 Å². The normalized spacial score (nSPS) is 18.8. The second-order valence-electron chi connectivity index (χ2n) is 8.66. The molecule has 1 aliphatic heterocycles. The van der Waals surface area contributed by atoms with Crippen LogP contribution >= 0.6 is 0 Å². The lowest BCUT2D eigenvalue weighted by atomic mass is 10.0. The Morgan fingerprint density at radius 3 is 1.38 bits per heavy atom. The van der Waals surface area contributed by atoms with E-state index in [1.54, 1.807) is 0 Å². The van der Waals surface area contributed by atoms with E-state index in [0.29, 0.717) is 52.1 Å². The van der Waals surface area contributed by atoms with Gasteiger partial charge in [0.15, 0.2) is 0 Å². The molecule has 0 saturated carbocycles. The molecule has 1 saturated heterocycles. The third-order valence-corrected chi connectivity index (χ3v) is 6.30. The molecule has 2 atom stereocenters. The number of rotatable bonds is 8. The maximum Gasteiger partial charge on any atom is 0.321 e. The highest BCUT2D eigenvalue weighted by molar-refractivity contribution is 5.74. The van der Waals surface area contributed by atoms with Crippen LogP contribution in [0.3, 0.4) is 0 Å². The molecule has 8 heteroatoms. The molecule has 3 rings (SSSR count). The topological polar surface area (TPSA) is 105 Å². The standard InChI is InChI=1S/C26H36N4O4/c31-25(32)23(19-21-7-3-1-4-8-21)29-15-13-27-11-12-28-14-16-30(18-17-29)24(26(33)34)20-22-9-5-2-6-10-22/h1-10,23-24,27-28H,11-20H2,(H,31,32)(H,33,34). The van der Waals surface area contributed by atoms with E-state index in [2.05, 4.69) is 10.6 Å². The summed E-state index contributed by atoms with van der Waals surface area (Å²) in [6.07, 6.45) is 0.814. The molecule has 1 aliphatic rings. The van der Waals surface area contributed by atoms with Gasteiger partial charge in [-0.3, -0.25) is 19.4 Å². The minimum atomic E-state index is -0.858. The van der Waals surface area contributed by atoms with Gasteiger partial charge in [-0.05, 0) is 24.0 Å². The van der Waals surface area contributed by atoms with Crippen molar-refractivity contribution < 1.29 is 19.8 Å². The van der Waals surface area contributed by atoms with Gasteiger partial charge >= 0.3 is 11.9 Å². The molecule has 8 nitrogen and oxygen atoms in total. The lowest BCUT2D eigenvalue weighted by Gasteiger charge is -2.34. The quantitative estimate of drug-likeness (QED) is 0.458. The van der Waals surface area contributed by atoms with Crippen molar-refractivity contribution >= 4 is 11.9 Å². The largest absolute Gasteiger partial charge is 0.480 e. The van der Waals surface area contributed by atoms with Crippen LogP contribution < -0.4 is 10.6 Å². The number of carboxylic acid groups (broad SMARTS) is 2. The Labute approximate surface area is 201 Å². The van der Waals surface area contributed by atoms with Crippen LogP contribution in [0.4, 0.5) is 0 Å². The van der Waals surface area contributed by atoms with Gasteiger partial charge in [-0.2, -0.15) is 0 Å². The molecule has 0 amide bonds. The van der Waals surface area contributed by atoms with Crippen LogP contribution in [0.5, 0.6) is 0 Å². The highest BCUT2D eigenvalue weighted by Gasteiger charge is 2.29. The van der Waals surface area contributed by atoms with Crippen molar-refractivity contribution in [2.24, 2.45) is 0 Å². The summed E-state index contributed by atoms with van der Waals surface area (Å²) in [4.78, 5) is 28.5. The number of hydrogen-bond donors (Lipinski definition) is 4. The van der Waals surface area contributed by atoms with Crippen molar-refractivity contribution in [3.05, 3.63) is 71.8 Å². The van der Waals surface area contributed by atoms with Gasteiger partial charge in [0.1, 0.15) is 12.1 Å². The van der Waals surface area contributed by atoms with Crippen LogP contribution in [0.1, 0.15) is 11.1 Å². The molecule has 34 heavy (non-hydrogen) atoms. The highest BCUT2D eigenvalue weighted by Crippen LogP contribution is 2.13. The van der Waals surface area contributed by atoms with E-state index in [0.717, 1.165) is 24.2 Å². The van der Waals surface area contributed by atoms with Crippen molar-refractivity contribution in [1.82, 2.24) is 20.4 Å². The molecule has 2 aromatic rings. The van der Waals surface area contributed by atoms with E-state index >= 15 is 0 Å². The Morgan fingerprint density at radius 1 is 0.647 bits per heavy atom. The fraction of sp³-hybridized carbons (Fsp3) is 0.462. The van der Waals surface area contributed by atoms with Crippen molar-refractivity contribution in [2.45, 2.75) is 24.9 Å². The third-order valence-electron chi connectivity index (χ3n) is 6.30. The van der Waals surface area contributed by atoms with Crippen LogP contribution in [0.2, 0.25) is 0 Å². The highest BCUT2D eigenvalue weighted by atomic mass is 16.4. The zero-order valence-electron chi connectivity index (χ0n) is 19.6. The maximum atomic E-state index is 12.3. The number of aliphatic carboxylic acids is 2. The first-order valence-corrected chi connectivity index (χ1v) is 12.0. The van der Waals surface area contributed by atoms with Gasteiger partial charge in [0, 0.05) is 52.4 Å². The number of nitrogens with one attached hydrogen (secondary N) is 2. The summed E-state index contributed by atoms with van der Waals surface area (Å²) in [6.45, 7) is 5.00. The zero-order valence-corrected chi connectivity index (χ0v) is 19.6. The third kappa shape index (κ3) is 8.22. The maximum absolute atomic E-state index is 12.3. The van der Waals surface area contributed by atoms with Crippen molar-refractivity contribution in [2.75, 3.05) is 52.4 Å². The summed E-state index contributed by atoms with van der Waals surface area (Å²) in [5.74, 6) is -1.72. The van der Waals surface area contributed by atoms with Gasteiger partial charge in [0.2, 0.25) is 0 Å². The summed E-state index contributed by atoms with van der Waals surface area (Å²) in [6, 6.07) is 18.0. The Morgan fingerprint density at radius 2 is 1.03 bits per heavy atom. The molecular formula is C26H36N4O4. The first-order chi connectivity index (χ1) is 16.5. The summed E-state index contributed by atoms with van der Waals surface area (Å²) in [5, 5.41) is 26.8. The van der Waals surface area contributed by atoms with E-state index in [1.165, 1.54) is 0 Å². The molecule has 0 spiro atoms. The van der Waals surface area contributed by atoms with Crippen LogP contribution in [0.25, 0.3) is 0 Å². The minimum absolute atomic E-state index is 0.407. The van der Waals surface area contributed by atoms with Crippen LogP contribution in [-0.2, 0) is 22.4 Å². The van der Waals surface area contributed by atoms with Crippen molar-refractivity contribution in [3.8, 4) is 0 Å². The Bertz CT molecular complexity index is 807. The number of carbonyl (C=O) groups is 2. The van der Waals surface area contributed by atoms with E-state index < -0.39 is 24.0 Å². The molecule has 2 aromatic carbocycles. The summed E-state index contributed by atoms with van der Waals surface area (Å²) >= 11 is 0. The average molecular weight is 469 g/mol. The van der Waals surface area contributed by atoms with E-state index in [-0.39, 0.29) is 0 Å². The van der Waals surface area contributed by atoms with Crippen LogP contribution in [-0.4, -0.2) is 96.4 Å². The molecule has 1 heterocycles. The number of nitrogens with zero attached hydrogens (tertiary/aromatic N) is 2. The average Bonchev–Trinajstić information content (AvgIpc) is 2.83. The molecule has 4 N–H and O–H groups in total. The lowest BCUT2D eigenvalue weighted by Crippen LogP contribution is -2.53. The van der Waals surface area contributed by atoms with Crippen LogP contribution in [0, 0.1) is 0 Å². The Kier molecular flexibility index (Phi) is 10.5. The van der Waals surface area contributed by atoms with Gasteiger partial charge in [-0.25, -0.2) is 0 Å². The number of hydrogen-bond acceptors (Lipinski definition) is 6. The first kappa shape index (κ1) is 25.8. The molecule has 0 aliphatic carbocycles. The Hall–Kier alpha value is -2.78. The van der Waals surface area contributed by atoms with Gasteiger partial charge in [0.25, 0.3) is 0 Å². The molecule has 0 radical (unpaired) electrons. The predicted octanol–water partition coefficient (Wildman–Crippen LogP) is 1.18. The van der Waals surface area contributed by atoms with E-state index in [4.69, 9.17) is 0 Å². The fourth-order valence-electron chi connectivity index (χ4n) is 4.40. The van der Waals surface area contributed by atoms with Gasteiger partial charge in [-0.15, -0.1) is 0 Å². The van der Waals surface area contributed by atoms with E-state index in [1.807, 2.05) is 70.5 Å². The van der Waals surface area contributed by atoms with E-state index in [9.17, 15) is 19.8 Å². The smallest absolute Gasteiger partial charge is 0.321 e. The fourth-order valence-corrected chi connectivity index (χ4v) is 4.40. The van der Waals surface area contributed by atoms with Crippen molar-refractivity contribution in [1.29, 1.82) is 0 Å². The monoisotopic (exact) mass is 468 g/mol. The molecule has 184 valence electrons. The zero-order chi connectivity index (χ0) is 24.2. The number of benzene rings is 2. The summed E-state index contributed by atoms with van der Waals surface area (Å²) < 4.78 is 0. The van der Waals surface area contributed by atoms with Gasteiger partial charge in [0.05, 0.1) is 0 Å².